The second kappa shape index (κ2) is 3.56. The summed E-state index contributed by atoms with van der Waals surface area (Å²) in [5, 5.41) is 9.41. The third-order valence-corrected chi connectivity index (χ3v) is 5.14. The van der Waals surface area contributed by atoms with Crippen molar-refractivity contribution >= 4 is 27.3 Å². The Bertz CT molecular complexity index is 339. The lowest BCUT2D eigenvalue weighted by molar-refractivity contribution is 0.331. The molecule has 1 heterocycles. The fourth-order valence-corrected chi connectivity index (χ4v) is 4.46. The molecule has 2 aliphatic carbocycles. The van der Waals surface area contributed by atoms with E-state index in [1.54, 1.807) is 11.3 Å². The molecule has 3 atom stereocenters. The van der Waals surface area contributed by atoms with E-state index in [1.807, 2.05) is 0 Å². The first-order valence-corrected chi connectivity index (χ1v) is 6.90. The molecule has 14 heavy (non-hydrogen) atoms. The normalized spacial score (nSPS) is 35.4. The van der Waals surface area contributed by atoms with Gasteiger partial charge in [0.05, 0.1) is 0 Å². The lowest BCUT2D eigenvalue weighted by atomic mass is 9.87. The third-order valence-electron chi connectivity index (χ3n) is 3.76. The van der Waals surface area contributed by atoms with Crippen molar-refractivity contribution in [2.45, 2.75) is 32.1 Å². The van der Waals surface area contributed by atoms with Gasteiger partial charge in [-0.2, -0.15) is 0 Å². The van der Waals surface area contributed by atoms with Crippen LogP contribution in [0.4, 0.5) is 0 Å². The highest BCUT2D eigenvalue weighted by Gasteiger charge is 2.39. The summed E-state index contributed by atoms with van der Waals surface area (Å²) >= 11 is 5.06. The number of halogens is 1. The Hall–Kier alpha value is 0.0400. The Morgan fingerprint density at radius 2 is 2.21 bits per heavy atom. The Labute approximate surface area is 96.3 Å². The van der Waals surface area contributed by atoms with Crippen LogP contribution in [-0.4, -0.2) is 10.2 Å². The molecule has 76 valence electrons. The van der Waals surface area contributed by atoms with Crippen LogP contribution >= 0.6 is 27.3 Å². The molecule has 3 unspecified atom stereocenters. The maximum atomic E-state index is 4.18. The molecule has 1 aromatic heterocycles. The van der Waals surface area contributed by atoms with E-state index < -0.39 is 0 Å². The summed E-state index contributed by atoms with van der Waals surface area (Å²) in [6.07, 6.45) is 7.06. The molecule has 2 saturated carbocycles. The molecular weight excluding hydrogens is 260 g/mol. The zero-order valence-electron chi connectivity index (χ0n) is 7.95. The minimum absolute atomic E-state index is 0.911. The highest BCUT2D eigenvalue weighted by molar-refractivity contribution is 9.11. The zero-order chi connectivity index (χ0) is 9.54. The molecule has 0 saturated heterocycles. The summed E-state index contributed by atoms with van der Waals surface area (Å²) in [5.41, 5.74) is 0. The molecule has 2 fully saturated rings. The standard InChI is InChI=1S/C10H13BrN2S/c11-10-13-12-9(14-10)5-8-4-6-1-2-7(8)3-6/h6-8H,1-5H2. The highest BCUT2D eigenvalue weighted by Crippen LogP contribution is 2.49. The second-order valence-electron chi connectivity index (χ2n) is 4.59. The Kier molecular flexibility index (Phi) is 2.36. The lowest BCUT2D eigenvalue weighted by Gasteiger charge is -2.19. The Balaban J connectivity index is 1.68. The van der Waals surface area contributed by atoms with Gasteiger partial charge in [-0.3, -0.25) is 0 Å². The van der Waals surface area contributed by atoms with Crippen molar-refractivity contribution in [2.75, 3.05) is 0 Å². The topological polar surface area (TPSA) is 25.8 Å². The van der Waals surface area contributed by atoms with E-state index in [2.05, 4.69) is 26.1 Å². The van der Waals surface area contributed by atoms with Crippen LogP contribution in [0, 0.1) is 17.8 Å². The maximum absolute atomic E-state index is 4.18. The van der Waals surface area contributed by atoms with Crippen LogP contribution in [0.2, 0.25) is 0 Å². The van der Waals surface area contributed by atoms with Gasteiger partial charge in [-0.1, -0.05) is 17.8 Å². The minimum Gasteiger partial charge on any atom is -0.143 e. The van der Waals surface area contributed by atoms with Crippen LogP contribution < -0.4 is 0 Å². The maximum Gasteiger partial charge on any atom is 0.183 e. The van der Waals surface area contributed by atoms with Gasteiger partial charge in [-0.05, 0) is 52.9 Å². The monoisotopic (exact) mass is 272 g/mol. The lowest BCUT2D eigenvalue weighted by Crippen LogP contribution is -2.12. The first kappa shape index (κ1) is 9.28. The van der Waals surface area contributed by atoms with Crippen LogP contribution in [0.15, 0.2) is 3.92 Å². The number of rotatable bonds is 2. The summed E-state index contributed by atoms with van der Waals surface area (Å²) in [6.45, 7) is 0. The number of hydrogen-bond donors (Lipinski definition) is 0. The van der Waals surface area contributed by atoms with Crippen molar-refractivity contribution in [1.82, 2.24) is 10.2 Å². The smallest absolute Gasteiger partial charge is 0.143 e. The van der Waals surface area contributed by atoms with Gasteiger partial charge >= 0.3 is 0 Å². The molecule has 1 aromatic rings. The number of hydrogen-bond acceptors (Lipinski definition) is 3. The number of fused-ring (bicyclic) bond motifs is 2. The van der Waals surface area contributed by atoms with E-state index in [1.165, 1.54) is 37.1 Å². The van der Waals surface area contributed by atoms with E-state index in [0.717, 1.165) is 21.7 Å². The van der Waals surface area contributed by atoms with Crippen LogP contribution in [0.1, 0.15) is 30.7 Å². The van der Waals surface area contributed by atoms with E-state index >= 15 is 0 Å². The summed E-state index contributed by atoms with van der Waals surface area (Å²) < 4.78 is 0.927. The van der Waals surface area contributed by atoms with Gasteiger partial charge in [0.15, 0.2) is 3.92 Å². The van der Waals surface area contributed by atoms with Crippen molar-refractivity contribution in [2.24, 2.45) is 17.8 Å². The molecule has 0 amide bonds. The van der Waals surface area contributed by atoms with Gasteiger partial charge in [0, 0.05) is 6.42 Å². The van der Waals surface area contributed by atoms with Gasteiger partial charge in [-0.15, -0.1) is 10.2 Å². The van der Waals surface area contributed by atoms with Gasteiger partial charge in [0.2, 0.25) is 0 Å². The Morgan fingerprint density at radius 1 is 1.29 bits per heavy atom. The van der Waals surface area contributed by atoms with E-state index in [-0.39, 0.29) is 0 Å². The van der Waals surface area contributed by atoms with Crippen molar-refractivity contribution in [3.63, 3.8) is 0 Å². The molecule has 3 rings (SSSR count). The quantitative estimate of drug-likeness (QED) is 0.826. The third kappa shape index (κ3) is 1.63. The second-order valence-corrected chi connectivity index (χ2v) is 6.93. The summed E-state index contributed by atoms with van der Waals surface area (Å²) in [6, 6.07) is 0. The Morgan fingerprint density at radius 3 is 2.79 bits per heavy atom. The van der Waals surface area contributed by atoms with E-state index in [0.29, 0.717) is 0 Å². The predicted octanol–water partition coefficient (Wildman–Crippen LogP) is 3.28. The molecule has 2 bridgehead atoms. The average Bonchev–Trinajstić information content (AvgIpc) is 2.82. The SMILES string of the molecule is Brc1nnc(CC2CC3CCC2C3)s1. The minimum atomic E-state index is 0.911. The summed E-state index contributed by atoms with van der Waals surface area (Å²) in [5.74, 6) is 2.96. The van der Waals surface area contributed by atoms with Crippen molar-refractivity contribution in [3.8, 4) is 0 Å². The van der Waals surface area contributed by atoms with E-state index in [4.69, 9.17) is 0 Å². The van der Waals surface area contributed by atoms with E-state index in [9.17, 15) is 0 Å². The zero-order valence-corrected chi connectivity index (χ0v) is 10.4. The van der Waals surface area contributed by atoms with Crippen LogP contribution in [0.3, 0.4) is 0 Å². The summed E-state index contributed by atoms with van der Waals surface area (Å²) in [7, 11) is 0. The first-order valence-electron chi connectivity index (χ1n) is 5.29. The average molecular weight is 273 g/mol. The molecule has 0 spiro atoms. The molecule has 0 aromatic carbocycles. The molecule has 2 aliphatic rings. The molecule has 0 radical (unpaired) electrons. The van der Waals surface area contributed by atoms with Crippen molar-refractivity contribution in [1.29, 1.82) is 0 Å². The van der Waals surface area contributed by atoms with Crippen molar-refractivity contribution in [3.05, 3.63) is 8.92 Å². The predicted molar refractivity (Wildman–Crippen MR) is 60.3 cm³/mol. The van der Waals surface area contributed by atoms with Gasteiger partial charge < -0.3 is 0 Å². The highest BCUT2D eigenvalue weighted by atomic mass is 79.9. The van der Waals surface area contributed by atoms with Gasteiger partial charge in [0.25, 0.3) is 0 Å². The van der Waals surface area contributed by atoms with Crippen LogP contribution in [0.25, 0.3) is 0 Å². The fraction of sp³-hybridized carbons (Fsp3) is 0.800. The molecule has 2 nitrogen and oxygen atoms in total. The number of aromatic nitrogens is 2. The van der Waals surface area contributed by atoms with Gasteiger partial charge in [0.1, 0.15) is 5.01 Å². The van der Waals surface area contributed by atoms with Crippen molar-refractivity contribution < 1.29 is 0 Å². The fourth-order valence-electron chi connectivity index (χ4n) is 3.17. The molecule has 0 N–H and O–H groups in total. The van der Waals surface area contributed by atoms with Crippen LogP contribution in [0.5, 0.6) is 0 Å². The first-order chi connectivity index (χ1) is 6.81. The van der Waals surface area contributed by atoms with Gasteiger partial charge in [-0.25, -0.2) is 0 Å². The van der Waals surface area contributed by atoms with Crippen LogP contribution in [-0.2, 0) is 6.42 Å². The molecule has 4 heteroatoms. The summed E-state index contributed by atoms with van der Waals surface area (Å²) in [4.78, 5) is 0. The molecule has 0 aliphatic heterocycles. The molecular formula is C10H13BrN2S. The largest absolute Gasteiger partial charge is 0.183 e. The number of nitrogens with zero attached hydrogens (tertiary/aromatic N) is 2.